The first-order chi connectivity index (χ1) is 18.2. The lowest BCUT2D eigenvalue weighted by Gasteiger charge is -2.15. The molecule has 1 heterocycles. The van der Waals surface area contributed by atoms with Crippen molar-refractivity contribution in [3.05, 3.63) is 95.8 Å². The normalized spacial score (nSPS) is 12.1. The molecule has 1 atom stereocenters. The van der Waals surface area contributed by atoms with Gasteiger partial charge in [0.1, 0.15) is 18.1 Å². The summed E-state index contributed by atoms with van der Waals surface area (Å²) in [5.74, 6) is 1.20. The van der Waals surface area contributed by atoms with Crippen LogP contribution in [0.2, 0.25) is 0 Å². The highest BCUT2D eigenvalue weighted by atomic mass is 32.2. The van der Waals surface area contributed by atoms with Crippen LogP contribution in [-0.2, 0) is 17.6 Å². The number of hydrogen-bond donors (Lipinski definition) is 1. The van der Waals surface area contributed by atoms with E-state index in [2.05, 4.69) is 15.5 Å². The molecule has 4 aromatic rings. The summed E-state index contributed by atoms with van der Waals surface area (Å²) in [4.78, 5) is 12.6. The van der Waals surface area contributed by atoms with Gasteiger partial charge in [-0.2, -0.15) is 13.2 Å². The number of carbonyl (C=O) groups excluding carboxylic acids is 1. The summed E-state index contributed by atoms with van der Waals surface area (Å²) in [6, 6.07) is 21.0. The Kier molecular flexibility index (Phi) is 8.57. The topological polar surface area (TPSA) is 78.3 Å². The maximum Gasteiger partial charge on any atom is 0.416 e. The number of methoxy groups -OCH3 is 1. The van der Waals surface area contributed by atoms with Crippen LogP contribution in [0.15, 0.2) is 84.0 Å². The SMILES string of the molecule is COc1ccc(OCc2nnc(SCC(=O)NC(C)c3ccccc3)n2-c2cccc(C(F)(F)F)c2)cc1. The third-order valence-corrected chi connectivity index (χ3v) is 6.50. The largest absolute Gasteiger partial charge is 0.497 e. The zero-order valence-corrected chi connectivity index (χ0v) is 21.4. The second-order valence-corrected chi connectivity index (χ2v) is 9.18. The number of ether oxygens (including phenoxy) is 2. The van der Waals surface area contributed by atoms with Crippen LogP contribution in [0.4, 0.5) is 13.2 Å². The number of amides is 1. The number of alkyl halides is 3. The summed E-state index contributed by atoms with van der Waals surface area (Å²) in [5.41, 5.74) is 0.353. The standard InChI is InChI=1S/C27H25F3N4O3S/c1-18(19-7-4-3-5-8-19)31-25(35)17-38-26-33-32-24(16-37-23-13-11-22(36-2)12-14-23)34(26)21-10-6-9-20(15-21)27(28,29)30/h3-15,18H,16-17H2,1-2H3,(H,31,35). The van der Waals surface area contributed by atoms with Crippen LogP contribution in [0, 0.1) is 0 Å². The Morgan fingerprint density at radius 3 is 2.39 bits per heavy atom. The van der Waals surface area contributed by atoms with Crippen LogP contribution in [0.5, 0.6) is 11.5 Å². The van der Waals surface area contributed by atoms with Gasteiger partial charge in [0, 0.05) is 0 Å². The number of hydrogen-bond acceptors (Lipinski definition) is 6. The molecule has 11 heteroatoms. The maximum atomic E-state index is 13.4. The molecule has 1 unspecified atom stereocenters. The van der Waals surface area contributed by atoms with Crippen molar-refractivity contribution in [2.45, 2.75) is 30.9 Å². The summed E-state index contributed by atoms with van der Waals surface area (Å²) < 4.78 is 52.7. The molecule has 7 nitrogen and oxygen atoms in total. The minimum absolute atomic E-state index is 0.00634. The van der Waals surface area contributed by atoms with E-state index in [0.717, 1.165) is 29.5 Å². The van der Waals surface area contributed by atoms with Gasteiger partial charge in [0.15, 0.2) is 11.0 Å². The molecule has 0 aliphatic rings. The van der Waals surface area contributed by atoms with E-state index in [1.165, 1.54) is 16.7 Å². The number of nitrogens with zero attached hydrogens (tertiary/aromatic N) is 3. The number of halogens is 3. The number of aromatic nitrogens is 3. The molecule has 0 bridgehead atoms. The molecule has 3 aromatic carbocycles. The van der Waals surface area contributed by atoms with Gasteiger partial charge in [0.25, 0.3) is 0 Å². The third kappa shape index (κ3) is 6.86. The Balaban J connectivity index is 1.54. The van der Waals surface area contributed by atoms with Crippen LogP contribution in [0.25, 0.3) is 5.69 Å². The van der Waals surface area contributed by atoms with Crippen LogP contribution in [0.3, 0.4) is 0 Å². The van der Waals surface area contributed by atoms with Crippen molar-refractivity contribution < 1.29 is 27.4 Å². The lowest BCUT2D eigenvalue weighted by molar-refractivity contribution is -0.137. The fraction of sp³-hybridized carbons (Fsp3) is 0.222. The zero-order chi connectivity index (χ0) is 27.1. The molecule has 0 fully saturated rings. The quantitative estimate of drug-likeness (QED) is 0.254. The first-order valence-corrected chi connectivity index (χ1v) is 12.6. The summed E-state index contributed by atoms with van der Waals surface area (Å²) in [5, 5.41) is 11.5. The lowest BCUT2D eigenvalue weighted by Crippen LogP contribution is -2.28. The molecule has 1 aromatic heterocycles. The molecule has 198 valence electrons. The number of thioether (sulfide) groups is 1. The Morgan fingerprint density at radius 1 is 1.00 bits per heavy atom. The molecule has 1 N–H and O–H groups in total. The minimum atomic E-state index is -4.52. The third-order valence-electron chi connectivity index (χ3n) is 5.57. The molecule has 0 aliphatic carbocycles. The highest BCUT2D eigenvalue weighted by Gasteiger charge is 2.31. The fourth-order valence-corrected chi connectivity index (χ4v) is 4.41. The van der Waals surface area contributed by atoms with E-state index >= 15 is 0 Å². The second-order valence-electron chi connectivity index (χ2n) is 8.24. The Labute approximate surface area is 222 Å². The van der Waals surface area contributed by atoms with Gasteiger partial charge >= 0.3 is 6.18 Å². The molecular formula is C27H25F3N4O3S. The molecule has 4 rings (SSSR count). The predicted octanol–water partition coefficient (Wildman–Crippen LogP) is 5.84. The van der Waals surface area contributed by atoms with E-state index in [1.54, 1.807) is 31.4 Å². The monoisotopic (exact) mass is 542 g/mol. The van der Waals surface area contributed by atoms with Gasteiger partial charge in [-0.05, 0) is 55.0 Å². The maximum absolute atomic E-state index is 13.4. The molecule has 0 saturated carbocycles. The average molecular weight is 543 g/mol. The van der Waals surface area contributed by atoms with E-state index < -0.39 is 11.7 Å². The minimum Gasteiger partial charge on any atom is -0.497 e. The molecule has 0 saturated heterocycles. The molecule has 0 aliphatic heterocycles. The second kappa shape index (κ2) is 12.0. The summed E-state index contributed by atoms with van der Waals surface area (Å²) in [6.07, 6.45) is -4.52. The first kappa shape index (κ1) is 27.1. The molecule has 0 spiro atoms. The Bertz CT molecular complexity index is 1360. The Morgan fingerprint density at radius 2 is 1.71 bits per heavy atom. The van der Waals surface area contributed by atoms with Gasteiger partial charge < -0.3 is 14.8 Å². The van der Waals surface area contributed by atoms with Gasteiger partial charge in [0.2, 0.25) is 5.91 Å². The van der Waals surface area contributed by atoms with Crippen molar-refractivity contribution in [1.29, 1.82) is 0 Å². The van der Waals surface area contributed by atoms with Crippen molar-refractivity contribution in [2.75, 3.05) is 12.9 Å². The lowest BCUT2D eigenvalue weighted by atomic mass is 10.1. The Hall–Kier alpha value is -3.99. The first-order valence-electron chi connectivity index (χ1n) is 11.6. The summed E-state index contributed by atoms with van der Waals surface area (Å²) in [7, 11) is 1.55. The van der Waals surface area contributed by atoms with Crippen LogP contribution < -0.4 is 14.8 Å². The predicted molar refractivity (Wildman–Crippen MR) is 137 cm³/mol. The van der Waals surface area contributed by atoms with Gasteiger partial charge in [-0.3, -0.25) is 9.36 Å². The molecule has 0 radical (unpaired) electrons. The number of nitrogens with one attached hydrogen (secondary N) is 1. The van der Waals surface area contributed by atoms with Crippen molar-refractivity contribution >= 4 is 17.7 Å². The van der Waals surface area contributed by atoms with Gasteiger partial charge in [0.05, 0.1) is 30.2 Å². The van der Waals surface area contributed by atoms with E-state index in [4.69, 9.17) is 9.47 Å². The van der Waals surface area contributed by atoms with Gasteiger partial charge in [-0.25, -0.2) is 0 Å². The average Bonchev–Trinajstić information content (AvgIpc) is 3.34. The number of rotatable bonds is 10. The highest BCUT2D eigenvalue weighted by molar-refractivity contribution is 7.99. The van der Waals surface area contributed by atoms with Crippen molar-refractivity contribution in [3.63, 3.8) is 0 Å². The van der Waals surface area contributed by atoms with Crippen LogP contribution in [0.1, 0.15) is 29.9 Å². The number of carbonyl (C=O) groups is 1. The molecular weight excluding hydrogens is 517 g/mol. The van der Waals surface area contributed by atoms with E-state index in [1.807, 2.05) is 37.3 Å². The van der Waals surface area contributed by atoms with Crippen molar-refractivity contribution in [3.8, 4) is 17.2 Å². The molecule has 1 amide bonds. The van der Waals surface area contributed by atoms with Gasteiger partial charge in [-0.1, -0.05) is 48.2 Å². The smallest absolute Gasteiger partial charge is 0.416 e. The van der Waals surface area contributed by atoms with Crippen molar-refractivity contribution in [1.82, 2.24) is 20.1 Å². The zero-order valence-electron chi connectivity index (χ0n) is 20.6. The van der Waals surface area contributed by atoms with E-state index in [0.29, 0.717) is 11.5 Å². The van der Waals surface area contributed by atoms with Crippen molar-refractivity contribution in [2.24, 2.45) is 0 Å². The van der Waals surface area contributed by atoms with E-state index in [-0.39, 0.29) is 41.0 Å². The highest BCUT2D eigenvalue weighted by Crippen LogP contribution is 2.32. The summed E-state index contributed by atoms with van der Waals surface area (Å²) >= 11 is 1.07. The number of benzene rings is 3. The van der Waals surface area contributed by atoms with Crippen LogP contribution >= 0.6 is 11.8 Å². The van der Waals surface area contributed by atoms with Gasteiger partial charge in [-0.15, -0.1) is 10.2 Å². The fourth-order valence-electron chi connectivity index (χ4n) is 3.63. The van der Waals surface area contributed by atoms with Crippen LogP contribution in [-0.4, -0.2) is 33.5 Å². The summed E-state index contributed by atoms with van der Waals surface area (Å²) in [6.45, 7) is 1.81. The molecule has 38 heavy (non-hydrogen) atoms. The van der Waals surface area contributed by atoms with E-state index in [9.17, 15) is 18.0 Å².